The first-order valence-corrected chi connectivity index (χ1v) is 7.56. The molecule has 0 aromatic heterocycles. The first kappa shape index (κ1) is 19.0. The molecule has 0 unspecified atom stereocenters. The van der Waals surface area contributed by atoms with Gasteiger partial charge < -0.3 is 4.65 Å². The van der Waals surface area contributed by atoms with Crippen molar-refractivity contribution in [2.24, 2.45) is 0 Å². The second-order valence-electron chi connectivity index (χ2n) is 5.74. The van der Waals surface area contributed by atoms with Crippen molar-refractivity contribution in [2.45, 2.75) is 78.5 Å². The second-order valence-corrected chi connectivity index (χ2v) is 5.74. The number of nitriles is 1. The molecule has 0 rings (SSSR count). The minimum Gasteiger partial charge on any atom is -0.404 e. The van der Waals surface area contributed by atoms with Crippen LogP contribution in [0.2, 0.25) is 0 Å². The fraction of sp³-hybridized carbons (Fsp3) is 0.750. The molecule has 0 saturated heterocycles. The molecular formula is C16H29BN2O. The highest BCUT2D eigenvalue weighted by Gasteiger charge is 2.38. The van der Waals surface area contributed by atoms with Gasteiger partial charge >= 0.3 is 7.05 Å². The molecule has 0 fully saturated rings. The molecule has 3 nitrogen and oxygen atoms in total. The van der Waals surface area contributed by atoms with E-state index in [0.717, 1.165) is 19.3 Å². The lowest BCUT2D eigenvalue weighted by Gasteiger charge is -2.39. The summed E-state index contributed by atoms with van der Waals surface area (Å²) in [5, 5.41) is 9.52. The molecular weight excluding hydrogens is 247 g/mol. The van der Waals surface area contributed by atoms with Crippen molar-refractivity contribution >= 4 is 7.05 Å². The maximum Gasteiger partial charge on any atom is 0.504 e. The van der Waals surface area contributed by atoms with Gasteiger partial charge in [0.05, 0.1) is 11.6 Å². The molecule has 0 amide bonds. The Morgan fingerprint density at radius 3 is 2.05 bits per heavy atom. The van der Waals surface area contributed by atoms with E-state index in [4.69, 9.17) is 4.65 Å². The number of nitrogens with zero attached hydrogens (tertiary/aromatic N) is 2. The lowest BCUT2D eigenvalue weighted by Crippen LogP contribution is -2.53. The van der Waals surface area contributed by atoms with E-state index < -0.39 is 7.05 Å². The van der Waals surface area contributed by atoms with E-state index in [9.17, 15) is 5.26 Å². The van der Waals surface area contributed by atoms with E-state index in [1.807, 2.05) is 6.08 Å². The van der Waals surface area contributed by atoms with Crippen LogP contribution in [-0.2, 0) is 4.65 Å². The number of hydrogen-bond acceptors (Lipinski definition) is 3. The van der Waals surface area contributed by atoms with Crippen LogP contribution in [0.25, 0.3) is 0 Å². The van der Waals surface area contributed by atoms with Crippen LogP contribution in [0, 0.1) is 11.2 Å². The fourth-order valence-electron chi connectivity index (χ4n) is 2.54. The molecule has 0 heterocycles. The summed E-state index contributed by atoms with van der Waals surface area (Å²) in [6, 6.07) is 0.530. The molecule has 0 saturated carbocycles. The predicted octanol–water partition coefficient (Wildman–Crippen LogP) is 3.96. The van der Waals surface area contributed by atoms with E-state index in [1.165, 1.54) is 0 Å². The Morgan fingerprint density at radius 1 is 1.25 bits per heavy atom. The summed E-state index contributed by atoms with van der Waals surface area (Å²) in [7, 11) is -0.520. The van der Waals surface area contributed by atoms with Crippen molar-refractivity contribution in [3.05, 3.63) is 18.4 Å². The van der Waals surface area contributed by atoms with E-state index in [2.05, 4.69) is 64.6 Å². The maximum atomic E-state index is 9.52. The Kier molecular flexibility index (Phi) is 8.57. The Balaban J connectivity index is 5.24. The van der Waals surface area contributed by atoms with Gasteiger partial charge in [0, 0.05) is 6.42 Å². The number of hydrogen-bond donors (Lipinski definition) is 0. The average molecular weight is 276 g/mol. The fourth-order valence-corrected chi connectivity index (χ4v) is 2.54. The van der Waals surface area contributed by atoms with Crippen LogP contribution in [0.1, 0.15) is 60.8 Å². The van der Waals surface area contributed by atoms with Gasteiger partial charge in [-0.25, -0.2) is 5.26 Å². The molecule has 0 atom stereocenters. The van der Waals surface area contributed by atoms with Crippen LogP contribution < -0.4 is 0 Å². The minimum atomic E-state index is -0.520. The molecule has 0 aliphatic rings. The van der Waals surface area contributed by atoms with Crippen molar-refractivity contribution in [2.75, 3.05) is 0 Å². The summed E-state index contributed by atoms with van der Waals surface area (Å²) >= 11 is 0. The van der Waals surface area contributed by atoms with Gasteiger partial charge in [0.2, 0.25) is 0 Å². The summed E-state index contributed by atoms with van der Waals surface area (Å²) in [6.45, 7) is 16.2. The van der Waals surface area contributed by atoms with Crippen LogP contribution in [0.5, 0.6) is 0 Å². The highest BCUT2D eigenvalue weighted by atomic mass is 16.5. The van der Waals surface area contributed by atoms with Gasteiger partial charge in [-0.3, -0.25) is 4.81 Å². The Bertz CT molecular complexity index is 355. The van der Waals surface area contributed by atoms with Gasteiger partial charge in [0.25, 0.3) is 0 Å². The zero-order valence-electron chi connectivity index (χ0n) is 13.9. The summed E-state index contributed by atoms with van der Waals surface area (Å²) in [5.41, 5.74) is 2.49. The molecule has 0 aromatic carbocycles. The highest BCUT2D eigenvalue weighted by Crippen LogP contribution is 2.27. The lowest BCUT2D eigenvalue weighted by atomic mass is 9.77. The normalized spacial score (nSPS) is 11.6. The molecule has 20 heavy (non-hydrogen) atoms. The second kappa shape index (κ2) is 9.03. The van der Waals surface area contributed by atoms with E-state index in [1.54, 1.807) is 0 Å². The third-order valence-corrected chi connectivity index (χ3v) is 3.84. The minimum absolute atomic E-state index is 0.265. The third kappa shape index (κ3) is 5.17. The first-order chi connectivity index (χ1) is 9.37. The topological polar surface area (TPSA) is 36.3 Å². The van der Waals surface area contributed by atoms with Gasteiger partial charge in [-0.15, -0.1) is 5.73 Å². The van der Waals surface area contributed by atoms with Crippen LogP contribution in [0.4, 0.5) is 0 Å². The van der Waals surface area contributed by atoms with Crippen molar-refractivity contribution in [1.82, 2.24) is 4.81 Å². The Labute approximate surface area is 125 Å². The van der Waals surface area contributed by atoms with Crippen molar-refractivity contribution in [3.63, 3.8) is 0 Å². The SMILES string of the molecule is C=C=CCC(CC)(CC)OB(C#N)N(C(C)C)C(C)C. The molecule has 0 aliphatic carbocycles. The summed E-state index contributed by atoms with van der Waals surface area (Å²) in [6.07, 6.45) is 4.37. The maximum absolute atomic E-state index is 9.52. The van der Waals surface area contributed by atoms with Gasteiger partial charge in [0.1, 0.15) is 0 Å². The molecule has 0 spiro atoms. The molecule has 4 heteroatoms. The van der Waals surface area contributed by atoms with Crippen LogP contribution in [0.3, 0.4) is 0 Å². The van der Waals surface area contributed by atoms with Crippen LogP contribution >= 0.6 is 0 Å². The zero-order valence-corrected chi connectivity index (χ0v) is 13.9. The monoisotopic (exact) mass is 276 g/mol. The quantitative estimate of drug-likeness (QED) is 0.472. The number of rotatable bonds is 9. The standard InChI is InChI=1S/C16H29BN2O/c1-8-11-12-16(9-2,10-3)20-17(13-18)19(14(4)5)15(6)7/h11,14-15H,1,9-10,12H2,2-7H3. The molecule has 0 aliphatic heterocycles. The smallest absolute Gasteiger partial charge is 0.404 e. The molecule has 112 valence electrons. The molecule has 0 N–H and O–H groups in total. The first-order valence-electron chi connectivity index (χ1n) is 7.56. The molecule has 0 bridgehead atoms. The van der Waals surface area contributed by atoms with Crippen molar-refractivity contribution < 1.29 is 4.65 Å². The molecule has 0 radical (unpaired) electrons. The van der Waals surface area contributed by atoms with E-state index in [-0.39, 0.29) is 17.7 Å². The lowest BCUT2D eigenvalue weighted by molar-refractivity contribution is 0.0430. The van der Waals surface area contributed by atoms with Crippen molar-refractivity contribution in [1.29, 1.82) is 5.26 Å². The zero-order chi connectivity index (χ0) is 15.8. The largest absolute Gasteiger partial charge is 0.504 e. The van der Waals surface area contributed by atoms with Crippen LogP contribution in [0.15, 0.2) is 18.4 Å². The Hall–Kier alpha value is -1.01. The average Bonchev–Trinajstić information content (AvgIpc) is 2.41. The third-order valence-electron chi connectivity index (χ3n) is 3.84. The predicted molar refractivity (Wildman–Crippen MR) is 86.2 cm³/mol. The van der Waals surface area contributed by atoms with Crippen molar-refractivity contribution in [3.8, 4) is 5.97 Å². The van der Waals surface area contributed by atoms with E-state index in [0.29, 0.717) is 0 Å². The summed E-state index contributed by atoms with van der Waals surface area (Å²) in [4.78, 5) is 2.11. The summed E-state index contributed by atoms with van der Waals surface area (Å²) < 4.78 is 6.24. The van der Waals surface area contributed by atoms with Gasteiger partial charge in [0.15, 0.2) is 0 Å². The van der Waals surface area contributed by atoms with Gasteiger partial charge in [-0.1, -0.05) is 48.1 Å². The van der Waals surface area contributed by atoms with Gasteiger partial charge in [-0.2, -0.15) is 0 Å². The van der Waals surface area contributed by atoms with Gasteiger partial charge in [-0.05, 0) is 31.0 Å². The van der Waals surface area contributed by atoms with Crippen LogP contribution in [-0.4, -0.2) is 29.5 Å². The highest BCUT2D eigenvalue weighted by molar-refractivity contribution is 6.57. The molecule has 0 aromatic rings. The van der Waals surface area contributed by atoms with E-state index >= 15 is 0 Å². The Morgan fingerprint density at radius 2 is 1.75 bits per heavy atom. The summed E-state index contributed by atoms with van der Waals surface area (Å²) in [5.74, 6) is 2.32.